The van der Waals surface area contributed by atoms with Crippen molar-refractivity contribution in [3.63, 3.8) is 0 Å². The zero-order valence-corrected chi connectivity index (χ0v) is 14.3. The largest absolute Gasteiger partial charge is 0.373 e. The zero-order chi connectivity index (χ0) is 17.8. The average Bonchev–Trinajstić information content (AvgIpc) is 2.63. The molecule has 3 aromatic rings. The highest BCUT2D eigenvalue weighted by molar-refractivity contribution is 5.93. The highest BCUT2D eigenvalue weighted by atomic mass is 16.2. The second-order valence-electron chi connectivity index (χ2n) is 5.92. The summed E-state index contributed by atoms with van der Waals surface area (Å²) in [4.78, 5) is 31.0. The number of para-hydroxylation sites is 1. The van der Waals surface area contributed by atoms with Crippen LogP contribution in [0.1, 0.15) is 15.9 Å². The number of aryl methyl sites for hydroxylation is 1. The van der Waals surface area contributed by atoms with Crippen LogP contribution in [0.2, 0.25) is 0 Å². The van der Waals surface area contributed by atoms with Gasteiger partial charge in [0, 0.05) is 38.2 Å². The maximum atomic E-state index is 12.5. The third kappa shape index (κ3) is 3.68. The Morgan fingerprint density at radius 1 is 1.20 bits per heavy atom. The fourth-order valence-electron chi connectivity index (χ4n) is 2.58. The number of benzene rings is 1. The predicted molar refractivity (Wildman–Crippen MR) is 98.2 cm³/mol. The first kappa shape index (κ1) is 16.7. The fraction of sp³-hybridized carbons (Fsp3) is 0.211. The number of rotatable bonds is 5. The number of amides is 1. The van der Waals surface area contributed by atoms with Crippen LogP contribution in [0, 0.1) is 6.92 Å². The number of nitrogens with zero attached hydrogens (tertiary/aromatic N) is 3. The molecule has 128 valence electrons. The number of fused-ring (bicyclic) bond motifs is 1. The molecule has 2 aromatic heterocycles. The van der Waals surface area contributed by atoms with Gasteiger partial charge in [-0.2, -0.15) is 0 Å². The molecule has 0 aliphatic rings. The van der Waals surface area contributed by atoms with Crippen LogP contribution in [0.5, 0.6) is 0 Å². The molecular formula is C19H20N4O2. The van der Waals surface area contributed by atoms with Crippen molar-refractivity contribution in [2.45, 2.75) is 6.92 Å². The van der Waals surface area contributed by atoms with Crippen molar-refractivity contribution in [1.82, 2.24) is 14.7 Å². The number of carbonyl (C=O) groups is 1. The van der Waals surface area contributed by atoms with Gasteiger partial charge in [-0.25, -0.2) is 4.98 Å². The second-order valence-corrected chi connectivity index (χ2v) is 5.92. The molecule has 0 atom stereocenters. The molecule has 2 heterocycles. The molecule has 3 rings (SSSR count). The van der Waals surface area contributed by atoms with E-state index in [1.165, 1.54) is 10.6 Å². The van der Waals surface area contributed by atoms with Crippen LogP contribution in [0.15, 0.2) is 59.7 Å². The Labute approximate surface area is 145 Å². The van der Waals surface area contributed by atoms with Crippen molar-refractivity contribution in [3.8, 4) is 0 Å². The van der Waals surface area contributed by atoms with E-state index >= 15 is 0 Å². The Hall–Kier alpha value is -3.15. The number of nitrogens with one attached hydrogen (secondary N) is 1. The van der Waals surface area contributed by atoms with E-state index in [-0.39, 0.29) is 11.1 Å². The summed E-state index contributed by atoms with van der Waals surface area (Å²) in [7, 11) is 1.96. The van der Waals surface area contributed by atoms with Gasteiger partial charge in [-0.1, -0.05) is 24.3 Å². The molecule has 0 spiro atoms. The van der Waals surface area contributed by atoms with Crippen molar-refractivity contribution < 1.29 is 4.79 Å². The average molecular weight is 336 g/mol. The lowest BCUT2D eigenvalue weighted by molar-refractivity contribution is 0.0952. The molecule has 6 nitrogen and oxygen atoms in total. The molecule has 0 radical (unpaired) electrons. The van der Waals surface area contributed by atoms with Gasteiger partial charge in [0.2, 0.25) is 0 Å². The molecule has 0 saturated heterocycles. The minimum Gasteiger partial charge on any atom is -0.373 e. The van der Waals surface area contributed by atoms with Crippen LogP contribution in [-0.4, -0.2) is 35.4 Å². The molecule has 0 unspecified atom stereocenters. The maximum absolute atomic E-state index is 12.5. The number of aromatic nitrogens is 2. The van der Waals surface area contributed by atoms with Crippen molar-refractivity contribution in [2.75, 3.05) is 25.0 Å². The Bertz CT molecular complexity index is 951. The van der Waals surface area contributed by atoms with Crippen molar-refractivity contribution >= 4 is 17.2 Å². The standard InChI is InChI=1S/C19H20N4O2/c1-14-8-9-17-21-12-16(19(25)23(17)13-14)18(24)20-10-11-22(2)15-6-4-3-5-7-15/h3-9,12-13H,10-11H2,1-2H3,(H,20,24). The van der Waals surface area contributed by atoms with Crippen LogP contribution >= 0.6 is 0 Å². The van der Waals surface area contributed by atoms with E-state index in [2.05, 4.69) is 10.3 Å². The summed E-state index contributed by atoms with van der Waals surface area (Å²) in [6, 6.07) is 13.5. The molecule has 25 heavy (non-hydrogen) atoms. The number of anilines is 1. The van der Waals surface area contributed by atoms with Gasteiger partial charge < -0.3 is 10.2 Å². The topological polar surface area (TPSA) is 66.7 Å². The maximum Gasteiger partial charge on any atom is 0.270 e. The van der Waals surface area contributed by atoms with Gasteiger partial charge in [-0.05, 0) is 30.7 Å². The van der Waals surface area contributed by atoms with Crippen LogP contribution < -0.4 is 15.8 Å². The molecule has 0 aliphatic heterocycles. The SMILES string of the molecule is Cc1ccc2ncc(C(=O)NCCN(C)c3ccccc3)c(=O)n2c1. The quantitative estimate of drug-likeness (QED) is 0.772. The Kier molecular flexibility index (Phi) is 4.79. The number of pyridine rings is 1. The minimum absolute atomic E-state index is 0.0467. The van der Waals surface area contributed by atoms with Crippen LogP contribution in [-0.2, 0) is 0 Å². The number of carbonyl (C=O) groups excluding carboxylic acids is 1. The number of hydrogen-bond donors (Lipinski definition) is 1. The monoisotopic (exact) mass is 336 g/mol. The summed E-state index contributed by atoms with van der Waals surface area (Å²) < 4.78 is 1.40. The lowest BCUT2D eigenvalue weighted by Crippen LogP contribution is -2.36. The fourth-order valence-corrected chi connectivity index (χ4v) is 2.58. The zero-order valence-electron chi connectivity index (χ0n) is 14.3. The number of likely N-dealkylation sites (N-methyl/N-ethyl adjacent to an activating group) is 1. The molecular weight excluding hydrogens is 316 g/mol. The summed E-state index contributed by atoms with van der Waals surface area (Å²) >= 11 is 0. The van der Waals surface area contributed by atoms with E-state index in [0.29, 0.717) is 18.7 Å². The molecule has 6 heteroatoms. The Morgan fingerprint density at radius 3 is 2.72 bits per heavy atom. The molecule has 0 saturated carbocycles. The van der Waals surface area contributed by atoms with E-state index in [4.69, 9.17) is 0 Å². The van der Waals surface area contributed by atoms with E-state index in [0.717, 1.165) is 11.3 Å². The summed E-state index contributed by atoms with van der Waals surface area (Å²) in [6.45, 7) is 2.95. The van der Waals surface area contributed by atoms with E-state index in [1.807, 2.05) is 55.3 Å². The third-order valence-electron chi connectivity index (χ3n) is 4.02. The molecule has 1 aromatic carbocycles. The lowest BCUT2D eigenvalue weighted by Gasteiger charge is -2.19. The van der Waals surface area contributed by atoms with Gasteiger partial charge in [-0.15, -0.1) is 0 Å². The molecule has 0 aliphatic carbocycles. The van der Waals surface area contributed by atoms with Crippen molar-refractivity contribution in [2.24, 2.45) is 0 Å². The minimum atomic E-state index is -0.408. The molecule has 0 bridgehead atoms. The van der Waals surface area contributed by atoms with Gasteiger partial charge in [0.25, 0.3) is 11.5 Å². The first-order valence-electron chi connectivity index (χ1n) is 8.08. The first-order chi connectivity index (χ1) is 12.1. The lowest BCUT2D eigenvalue weighted by atomic mass is 10.2. The highest BCUT2D eigenvalue weighted by Gasteiger charge is 2.13. The van der Waals surface area contributed by atoms with Crippen molar-refractivity contribution in [1.29, 1.82) is 0 Å². The van der Waals surface area contributed by atoms with Gasteiger partial charge in [-0.3, -0.25) is 14.0 Å². The molecule has 1 N–H and O–H groups in total. The smallest absolute Gasteiger partial charge is 0.270 e. The molecule has 0 fully saturated rings. The normalized spacial score (nSPS) is 10.6. The van der Waals surface area contributed by atoms with E-state index < -0.39 is 5.91 Å². The highest BCUT2D eigenvalue weighted by Crippen LogP contribution is 2.09. The molecule has 1 amide bonds. The second kappa shape index (κ2) is 7.17. The summed E-state index contributed by atoms with van der Waals surface area (Å²) in [5.74, 6) is -0.408. The summed E-state index contributed by atoms with van der Waals surface area (Å²) in [6.07, 6.45) is 3.02. The van der Waals surface area contributed by atoms with Gasteiger partial charge in [0.1, 0.15) is 11.2 Å². The van der Waals surface area contributed by atoms with Crippen LogP contribution in [0.3, 0.4) is 0 Å². The van der Waals surface area contributed by atoms with Gasteiger partial charge >= 0.3 is 0 Å². The first-order valence-corrected chi connectivity index (χ1v) is 8.08. The van der Waals surface area contributed by atoms with E-state index in [1.54, 1.807) is 12.3 Å². The van der Waals surface area contributed by atoms with Crippen LogP contribution in [0.25, 0.3) is 5.65 Å². The number of hydrogen-bond acceptors (Lipinski definition) is 4. The Morgan fingerprint density at radius 2 is 1.96 bits per heavy atom. The van der Waals surface area contributed by atoms with Crippen LogP contribution in [0.4, 0.5) is 5.69 Å². The van der Waals surface area contributed by atoms with Gasteiger partial charge in [0.05, 0.1) is 0 Å². The third-order valence-corrected chi connectivity index (χ3v) is 4.02. The summed E-state index contributed by atoms with van der Waals surface area (Å²) in [5.41, 5.74) is 2.21. The summed E-state index contributed by atoms with van der Waals surface area (Å²) in [5, 5.41) is 2.79. The predicted octanol–water partition coefficient (Wildman–Crippen LogP) is 1.87. The Balaban J connectivity index is 1.68. The van der Waals surface area contributed by atoms with E-state index in [9.17, 15) is 9.59 Å². The van der Waals surface area contributed by atoms with Gasteiger partial charge in [0.15, 0.2) is 0 Å². The van der Waals surface area contributed by atoms with Crippen molar-refractivity contribution in [3.05, 3.63) is 76.3 Å².